The topological polar surface area (TPSA) is 97.2 Å². The van der Waals surface area contributed by atoms with E-state index in [1.54, 1.807) is 37.4 Å². The molecule has 1 atom stereocenters. The maximum absolute atomic E-state index is 13.1. The summed E-state index contributed by atoms with van der Waals surface area (Å²) in [5.74, 6) is 0.0101. The molecule has 7 nitrogen and oxygen atoms in total. The Bertz CT molecular complexity index is 912. The van der Waals surface area contributed by atoms with Crippen molar-refractivity contribution in [1.29, 1.82) is 0 Å². The van der Waals surface area contributed by atoms with Gasteiger partial charge in [-0.1, -0.05) is 12.1 Å². The van der Waals surface area contributed by atoms with Crippen LogP contribution in [0.4, 0.5) is 0 Å². The number of aliphatic imine (C=N–C) groups is 2. The van der Waals surface area contributed by atoms with Crippen molar-refractivity contribution in [1.82, 2.24) is 5.32 Å². The van der Waals surface area contributed by atoms with E-state index in [1.807, 2.05) is 0 Å². The molecule has 0 unspecified atom stereocenters. The number of hydrogen-bond acceptors (Lipinski definition) is 6. The number of carbonyl (C=O) groups excluding carboxylic acids is 1. The van der Waals surface area contributed by atoms with Gasteiger partial charge in [-0.2, -0.15) is 0 Å². The van der Waals surface area contributed by atoms with Gasteiger partial charge < -0.3 is 10.1 Å². The van der Waals surface area contributed by atoms with Crippen molar-refractivity contribution < 1.29 is 17.9 Å². The van der Waals surface area contributed by atoms with Crippen molar-refractivity contribution in [3.05, 3.63) is 41.8 Å². The average Bonchev–Trinajstić information content (AvgIpc) is 3.62. The van der Waals surface area contributed by atoms with Crippen molar-refractivity contribution in [2.75, 3.05) is 13.2 Å². The van der Waals surface area contributed by atoms with Crippen LogP contribution in [0.25, 0.3) is 0 Å². The van der Waals surface area contributed by atoms with E-state index < -0.39 is 15.8 Å². The minimum atomic E-state index is -3.25. The molecule has 162 valence electrons. The highest BCUT2D eigenvalue weighted by Crippen LogP contribution is 2.35. The highest BCUT2D eigenvalue weighted by molar-refractivity contribution is 7.92. The largest absolute Gasteiger partial charge is 0.381 e. The predicted molar refractivity (Wildman–Crippen MR) is 117 cm³/mol. The Labute approximate surface area is 178 Å². The zero-order valence-corrected chi connectivity index (χ0v) is 18.1. The standard InChI is InChI=1S/C22H29N3O4S/c1-3-24-15-21(23-2)25-22(26)20(14-16-10-12-29-13-11-16)17-4-6-18(7-5-17)30(27,28)19-8-9-19/h3-7,15-16,19-20H,2,8-14H2,1H3,(H,25,26)/b21-15+,24-3?/t20-/m1/s1. The van der Waals surface area contributed by atoms with E-state index in [1.165, 1.54) is 6.20 Å². The Morgan fingerprint density at radius 1 is 1.23 bits per heavy atom. The molecule has 1 aromatic rings. The van der Waals surface area contributed by atoms with E-state index in [0.29, 0.717) is 30.4 Å². The Morgan fingerprint density at radius 2 is 1.90 bits per heavy atom. The van der Waals surface area contributed by atoms with E-state index in [4.69, 9.17) is 4.74 Å². The van der Waals surface area contributed by atoms with Crippen LogP contribution >= 0.6 is 0 Å². The van der Waals surface area contributed by atoms with Crippen molar-refractivity contribution in [3.8, 4) is 0 Å². The highest BCUT2D eigenvalue weighted by Gasteiger charge is 2.37. The Hall–Kier alpha value is -2.32. The molecule has 1 N–H and O–H groups in total. The fourth-order valence-electron chi connectivity index (χ4n) is 3.64. The molecule has 1 saturated carbocycles. The minimum absolute atomic E-state index is 0.204. The van der Waals surface area contributed by atoms with Gasteiger partial charge in [-0.25, -0.2) is 13.4 Å². The van der Waals surface area contributed by atoms with Gasteiger partial charge in [-0.3, -0.25) is 9.79 Å². The van der Waals surface area contributed by atoms with Crippen LogP contribution < -0.4 is 5.32 Å². The Kier molecular flexibility index (Phi) is 7.55. The maximum Gasteiger partial charge on any atom is 0.233 e. The first-order chi connectivity index (χ1) is 14.5. The first-order valence-corrected chi connectivity index (χ1v) is 11.9. The van der Waals surface area contributed by atoms with Crippen LogP contribution in [0.2, 0.25) is 0 Å². The summed E-state index contributed by atoms with van der Waals surface area (Å²) in [5.41, 5.74) is 0.788. The molecule has 8 heteroatoms. The fourth-order valence-corrected chi connectivity index (χ4v) is 5.30. The lowest BCUT2D eigenvalue weighted by molar-refractivity contribution is -0.122. The van der Waals surface area contributed by atoms with Crippen LogP contribution in [-0.4, -0.2) is 45.7 Å². The fraction of sp³-hybridized carbons (Fsp3) is 0.500. The molecule has 0 spiro atoms. The van der Waals surface area contributed by atoms with Crippen LogP contribution in [0.15, 0.2) is 51.2 Å². The molecule has 1 aromatic carbocycles. The summed E-state index contributed by atoms with van der Waals surface area (Å²) in [6.07, 6.45) is 6.95. The molecular formula is C22H29N3O4S. The monoisotopic (exact) mass is 431 g/mol. The van der Waals surface area contributed by atoms with Gasteiger partial charge in [0.05, 0.1) is 22.3 Å². The smallest absolute Gasteiger partial charge is 0.233 e. The molecule has 3 rings (SSSR count). The van der Waals surface area contributed by atoms with Crippen LogP contribution in [0.3, 0.4) is 0 Å². The zero-order chi connectivity index (χ0) is 21.6. The van der Waals surface area contributed by atoms with Crippen LogP contribution in [0.5, 0.6) is 0 Å². The van der Waals surface area contributed by atoms with Crippen LogP contribution in [0, 0.1) is 5.92 Å². The maximum atomic E-state index is 13.1. The highest BCUT2D eigenvalue weighted by atomic mass is 32.2. The second kappa shape index (κ2) is 10.1. The van der Waals surface area contributed by atoms with Gasteiger partial charge in [-0.05, 0) is 69.4 Å². The van der Waals surface area contributed by atoms with Gasteiger partial charge >= 0.3 is 0 Å². The van der Waals surface area contributed by atoms with Gasteiger partial charge in [0.25, 0.3) is 0 Å². The predicted octanol–water partition coefficient (Wildman–Crippen LogP) is 3.23. The lowest BCUT2D eigenvalue weighted by Crippen LogP contribution is -2.31. The molecule has 1 aliphatic carbocycles. The third-order valence-corrected chi connectivity index (χ3v) is 7.85. The molecule has 2 aliphatic rings. The van der Waals surface area contributed by atoms with E-state index >= 15 is 0 Å². The number of ether oxygens (including phenoxy) is 1. The lowest BCUT2D eigenvalue weighted by atomic mass is 9.84. The van der Waals surface area contributed by atoms with Gasteiger partial charge in [0.1, 0.15) is 5.82 Å². The summed E-state index contributed by atoms with van der Waals surface area (Å²) >= 11 is 0. The number of nitrogens with zero attached hydrogens (tertiary/aromatic N) is 2. The second-order valence-electron chi connectivity index (χ2n) is 7.73. The van der Waals surface area contributed by atoms with Crippen molar-refractivity contribution >= 4 is 28.7 Å². The van der Waals surface area contributed by atoms with E-state index in [-0.39, 0.29) is 17.0 Å². The second-order valence-corrected chi connectivity index (χ2v) is 9.95. The molecule has 0 aromatic heterocycles. The molecule has 30 heavy (non-hydrogen) atoms. The summed E-state index contributed by atoms with van der Waals surface area (Å²) in [5, 5.41) is 2.54. The molecule has 1 heterocycles. The molecule has 0 bridgehead atoms. The molecule has 0 radical (unpaired) electrons. The number of benzene rings is 1. The van der Waals surface area contributed by atoms with Crippen molar-refractivity contribution in [2.45, 2.75) is 55.1 Å². The normalized spacial score (nSPS) is 19.6. The van der Waals surface area contributed by atoms with Gasteiger partial charge in [0, 0.05) is 19.4 Å². The van der Waals surface area contributed by atoms with E-state index in [9.17, 15) is 13.2 Å². The zero-order valence-electron chi connectivity index (χ0n) is 17.3. The first-order valence-electron chi connectivity index (χ1n) is 10.3. The average molecular weight is 432 g/mol. The first kappa shape index (κ1) is 22.4. The van der Waals surface area contributed by atoms with Crippen molar-refractivity contribution in [3.63, 3.8) is 0 Å². The Morgan fingerprint density at radius 3 is 2.47 bits per heavy atom. The minimum Gasteiger partial charge on any atom is -0.381 e. The van der Waals surface area contributed by atoms with E-state index in [2.05, 4.69) is 22.0 Å². The molecule has 2 fully saturated rings. The molecule has 1 saturated heterocycles. The van der Waals surface area contributed by atoms with Crippen molar-refractivity contribution in [2.24, 2.45) is 15.9 Å². The number of carbonyl (C=O) groups is 1. The van der Waals surface area contributed by atoms with Gasteiger partial charge in [0.15, 0.2) is 9.84 Å². The summed E-state index contributed by atoms with van der Waals surface area (Å²) in [4.78, 5) is 21.2. The molecule has 1 aliphatic heterocycles. The summed E-state index contributed by atoms with van der Waals surface area (Å²) in [6.45, 7) is 6.65. The van der Waals surface area contributed by atoms with Gasteiger partial charge in [0.2, 0.25) is 5.91 Å². The lowest BCUT2D eigenvalue weighted by Gasteiger charge is -2.26. The number of nitrogens with one attached hydrogen (secondary N) is 1. The third-order valence-electron chi connectivity index (χ3n) is 5.57. The van der Waals surface area contributed by atoms with Gasteiger partial charge in [-0.15, -0.1) is 0 Å². The molecule has 1 amide bonds. The van der Waals surface area contributed by atoms with E-state index in [0.717, 1.165) is 31.2 Å². The van der Waals surface area contributed by atoms with Crippen LogP contribution in [0.1, 0.15) is 50.5 Å². The Balaban J connectivity index is 1.82. The number of hydrogen-bond donors (Lipinski definition) is 1. The third kappa shape index (κ3) is 5.64. The SMILES string of the molecule is C=N/C(=C\N=CC)NC(=O)[C@H](CC1CCOCC1)c1ccc(S(=O)(=O)C2CC2)cc1. The summed E-state index contributed by atoms with van der Waals surface area (Å²) < 4.78 is 30.4. The summed E-state index contributed by atoms with van der Waals surface area (Å²) in [6, 6.07) is 6.76. The van der Waals surface area contributed by atoms with Crippen LogP contribution in [-0.2, 0) is 19.4 Å². The number of sulfone groups is 1. The summed E-state index contributed by atoms with van der Waals surface area (Å²) in [7, 11) is -3.25. The number of amides is 1. The molecular weight excluding hydrogens is 402 g/mol. The number of rotatable bonds is 9. The quantitative estimate of drug-likeness (QED) is 0.607.